The van der Waals surface area contributed by atoms with E-state index in [4.69, 9.17) is 16.9 Å². The Labute approximate surface area is 421 Å². The van der Waals surface area contributed by atoms with Crippen LogP contribution in [-0.4, -0.2) is 165 Å². The van der Waals surface area contributed by atoms with Gasteiger partial charge in [0.1, 0.15) is 36.3 Å². The largest absolute Gasteiger partial charge is 0.481 e. The number of thiol groups is 1. The van der Waals surface area contributed by atoms with Gasteiger partial charge in [0, 0.05) is 30.0 Å². The molecule has 0 fully saturated rings. The van der Waals surface area contributed by atoms with Crippen molar-refractivity contribution < 1.29 is 78.3 Å². The molecule has 74 heavy (non-hydrogen) atoms. The maximum absolute atomic E-state index is 13.7. The normalized spacial score (nSPS) is 13.2. The van der Waals surface area contributed by atoms with Crippen molar-refractivity contribution in [2.24, 2.45) is 5.73 Å². The van der Waals surface area contributed by atoms with E-state index in [2.05, 4.69) is 64.5 Å². The lowest BCUT2D eigenvalue weighted by Crippen LogP contribution is -2.59. The molecule has 3 rings (SSSR count). The number of hydrogen-bond donors (Lipinski definition) is 18. The highest BCUT2D eigenvalue weighted by Crippen LogP contribution is 2.13. The molecule has 2 aromatic heterocycles. The second-order valence-corrected chi connectivity index (χ2v) is 16.2. The molecular formula is C41H53N15O17S. The van der Waals surface area contributed by atoms with Gasteiger partial charge in [-0.05, 0) is 49.9 Å². The first-order valence-corrected chi connectivity index (χ1v) is 22.5. The first-order chi connectivity index (χ1) is 34.9. The quantitative estimate of drug-likeness (QED) is 0.0125. The number of anilines is 2. The number of carbonyl (C=O) groups is 11. The van der Waals surface area contributed by atoms with E-state index >= 15 is 0 Å². The van der Waals surface area contributed by atoms with Gasteiger partial charge in [0.25, 0.3) is 11.5 Å². The number of benzene rings is 1. The van der Waals surface area contributed by atoms with Crippen molar-refractivity contribution in [3.63, 3.8) is 0 Å². The smallest absolute Gasteiger partial charge is 0.327 e. The van der Waals surface area contributed by atoms with Crippen LogP contribution in [0.25, 0.3) is 11.2 Å². The van der Waals surface area contributed by atoms with Crippen LogP contribution < -0.4 is 59.6 Å². The predicted molar refractivity (Wildman–Crippen MR) is 256 cm³/mol. The number of aliphatic carboxylic acids is 5. The van der Waals surface area contributed by atoms with Gasteiger partial charge in [-0.25, -0.2) is 19.6 Å². The molecule has 19 N–H and O–H groups in total. The third kappa shape index (κ3) is 19.9. The molecule has 0 aliphatic heterocycles. The molecule has 0 unspecified atom stereocenters. The Bertz CT molecular complexity index is 2670. The van der Waals surface area contributed by atoms with E-state index in [9.17, 15) is 83.1 Å². The number of aromatic amines is 1. The van der Waals surface area contributed by atoms with E-state index in [1.54, 1.807) is 0 Å². The summed E-state index contributed by atoms with van der Waals surface area (Å²) in [7, 11) is 0. The lowest BCUT2D eigenvalue weighted by atomic mass is 10.0. The molecule has 0 saturated carbocycles. The molecule has 6 amide bonds. The molecular weight excluding hydrogens is 1010 g/mol. The molecule has 32 nitrogen and oxygen atoms in total. The number of rotatable bonds is 31. The fourth-order valence-electron chi connectivity index (χ4n) is 6.42. The summed E-state index contributed by atoms with van der Waals surface area (Å²) < 4.78 is 0. The van der Waals surface area contributed by atoms with E-state index in [-0.39, 0.29) is 55.0 Å². The summed E-state index contributed by atoms with van der Waals surface area (Å²) in [6.45, 7) is 0.165. The molecule has 0 spiro atoms. The molecule has 0 aliphatic carbocycles. The van der Waals surface area contributed by atoms with E-state index in [0.29, 0.717) is 11.4 Å². The molecule has 2 heterocycles. The number of nitrogen functional groups attached to an aromatic ring is 1. The highest BCUT2D eigenvalue weighted by Gasteiger charge is 2.35. The number of amides is 6. The van der Waals surface area contributed by atoms with Gasteiger partial charge in [0.2, 0.25) is 35.5 Å². The molecule has 1 aromatic carbocycles. The number of fused-ring (bicyclic) bond motifs is 1. The number of guanidine groups is 1. The summed E-state index contributed by atoms with van der Waals surface area (Å²) in [5, 5.41) is 73.1. The fraction of sp³-hybridized carbons (Fsp3) is 0.415. The van der Waals surface area contributed by atoms with Crippen LogP contribution in [0.3, 0.4) is 0 Å². The van der Waals surface area contributed by atoms with Crippen molar-refractivity contribution in [1.29, 1.82) is 5.41 Å². The van der Waals surface area contributed by atoms with Crippen molar-refractivity contribution in [3.8, 4) is 0 Å². The zero-order chi connectivity index (χ0) is 55.2. The second-order valence-electron chi connectivity index (χ2n) is 15.8. The first-order valence-electron chi connectivity index (χ1n) is 21.8. The highest BCUT2D eigenvalue weighted by atomic mass is 32.1. The highest BCUT2D eigenvalue weighted by molar-refractivity contribution is 7.80. The number of nitrogens with two attached hydrogens (primary N) is 2. The Morgan fingerprint density at radius 2 is 1.18 bits per heavy atom. The molecule has 0 radical (unpaired) electrons. The van der Waals surface area contributed by atoms with Crippen molar-refractivity contribution >= 4 is 107 Å². The van der Waals surface area contributed by atoms with E-state index < -0.39 is 151 Å². The summed E-state index contributed by atoms with van der Waals surface area (Å²) in [5.41, 5.74) is 11.1. The first kappa shape index (κ1) is 59.1. The van der Waals surface area contributed by atoms with Gasteiger partial charge in [0.05, 0.1) is 37.7 Å². The number of H-pyrrole nitrogens is 1. The van der Waals surface area contributed by atoms with Crippen LogP contribution in [0.2, 0.25) is 0 Å². The number of carboxylic acids is 5. The van der Waals surface area contributed by atoms with Crippen LogP contribution in [-0.2, 0) is 54.5 Å². The Balaban J connectivity index is 1.71. The zero-order valence-corrected chi connectivity index (χ0v) is 39.6. The van der Waals surface area contributed by atoms with Crippen molar-refractivity contribution in [1.82, 2.24) is 57.2 Å². The Hall–Kier alpha value is -9.17. The maximum Gasteiger partial charge on any atom is 0.327 e. The van der Waals surface area contributed by atoms with E-state index in [1.807, 2.05) is 10.6 Å². The molecule has 33 heteroatoms. The number of carboxylic acid groups (broad SMARTS) is 5. The van der Waals surface area contributed by atoms with Crippen molar-refractivity contribution in [2.45, 2.75) is 94.2 Å². The molecule has 6 atom stereocenters. The SMILES string of the molecule is N=C(N)NCCCC[C@@H](NC(=O)[C@@H](CC(=O)O)NC(=O)CC[C@@H](NC(=O)c1ccc(NCc2cnc3nc(N)[nH]c(=O)c3n2)cc1)C(=O)O)C(=O)N[C@H](CC(=O)O)C(=O)N[C@H](CC(=O)O)C(=O)N[C@H](CS)C(=O)O. The minimum absolute atomic E-state index is 0.000811. The number of nitrogens with one attached hydrogen (secondary N) is 10. The molecule has 0 saturated heterocycles. The van der Waals surface area contributed by atoms with Gasteiger partial charge < -0.3 is 79.5 Å². The number of aromatic nitrogens is 4. The third-order valence-electron chi connectivity index (χ3n) is 10.1. The van der Waals surface area contributed by atoms with Crippen molar-refractivity contribution in [2.75, 3.05) is 23.3 Å². The Kier molecular flexibility index (Phi) is 22.9. The number of hydrogen-bond acceptors (Lipinski definition) is 19. The lowest BCUT2D eigenvalue weighted by Gasteiger charge is -2.26. The number of carbonyl (C=O) groups excluding carboxylic acids is 6. The summed E-state index contributed by atoms with van der Waals surface area (Å²) >= 11 is 3.79. The van der Waals surface area contributed by atoms with E-state index in [0.717, 1.165) is 0 Å². The minimum Gasteiger partial charge on any atom is -0.481 e. The molecule has 0 aliphatic rings. The maximum atomic E-state index is 13.7. The lowest BCUT2D eigenvalue weighted by molar-refractivity contribution is -0.144. The summed E-state index contributed by atoms with van der Waals surface area (Å²) in [5.74, 6) is -16.4. The standard InChI is InChI=1S/C41H53N15O17S/c42-40(43)45-10-2-1-3-20(33(65)52-23(12-28(60)61)35(67)53-24(13-29(62)63)36(68)54-25(16-74)39(72)73)50-34(66)22(11-27(58)59)49-26(57)9-8-21(38(70)71)51-32(64)17-4-6-18(7-5-17)46-14-19-15-47-31-30(48-19)37(69)56-41(44)55-31/h4-7,15,20-25,46,74H,1-3,8-14,16H2,(H,49,57)(H,50,66)(H,51,64)(H,52,65)(H,53,67)(H,54,68)(H,58,59)(H,60,61)(H,62,63)(H,70,71)(H,72,73)(H4,42,43,45)(H3,44,47,55,56,69)/t20-,21-,22-,23-,24-,25-/m1/s1. The van der Waals surface area contributed by atoms with Crippen LogP contribution in [0.5, 0.6) is 0 Å². The van der Waals surface area contributed by atoms with E-state index in [1.165, 1.54) is 30.5 Å². The van der Waals surface area contributed by atoms with Crippen LogP contribution in [0.1, 0.15) is 67.4 Å². The van der Waals surface area contributed by atoms with Gasteiger partial charge >= 0.3 is 29.8 Å². The van der Waals surface area contributed by atoms with Gasteiger partial charge in [-0.2, -0.15) is 17.6 Å². The third-order valence-corrected chi connectivity index (χ3v) is 10.5. The summed E-state index contributed by atoms with van der Waals surface area (Å²) in [6.07, 6.45) is -3.47. The van der Waals surface area contributed by atoms with Crippen molar-refractivity contribution in [3.05, 3.63) is 52.1 Å². The number of nitrogens with zero attached hydrogens (tertiary/aromatic N) is 3. The molecule has 3 aromatic rings. The Morgan fingerprint density at radius 1 is 0.662 bits per heavy atom. The summed E-state index contributed by atoms with van der Waals surface area (Å²) in [4.78, 5) is 165. The van der Waals surface area contributed by atoms with Crippen LogP contribution in [0, 0.1) is 5.41 Å². The molecule has 0 bridgehead atoms. The van der Waals surface area contributed by atoms with Gasteiger partial charge in [-0.1, -0.05) is 0 Å². The van der Waals surface area contributed by atoms with Crippen LogP contribution >= 0.6 is 12.6 Å². The second kappa shape index (κ2) is 28.6. The Morgan fingerprint density at radius 3 is 1.69 bits per heavy atom. The zero-order valence-electron chi connectivity index (χ0n) is 38.7. The monoisotopic (exact) mass is 1060 g/mol. The van der Waals surface area contributed by atoms with Crippen LogP contribution in [0.15, 0.2) is 35.3 Å². The van der Waals surface area contributed by atoms with Gasteiger partial charge in [0.15, 0.2) is 17.1 Å². The average molecular weight is 1060 g/mol. The molecule has 400 valence electrons. The topological polar surface area (TPSA) is 533 Å². The minimum atomic E-state index is -2.09. The van der Waals surface area contributed by atoms with Crippen LogP contribution in [0.4, 0.5) is 11.6 Å². The fourth-order valence-corrected chi connectivity index (χ4v) is 6.67. The average Bonchev–Trinajstić information content (AvgIpc) is 3.31. The summed E-state index contributed by atoms with van der Waals surface area (Å²) in [6, 6.07) is -5.45. The van der Waals surface area contributed by atoms with Gasteiger partial charge in [-0.15, -0.1) is 0 Å². The number of unbranched alkanes of at least 4 members (excludes halogenated alkanes) is 1. The van der Waals surface area contributed by atoms with Gasteiger partial charge in [-0.3, -0.25) is 58.3 Å². The predicted octanol–water partition coefficient (Wildman–Crippen LogP) is -4.61.